The third kappa shape index (κ3) is 2.98. The summed E-state index contributed by atoms with van der Waals surface area (Å²) in [6.45, 7) is 2.02. The molecule has 2 aromatic rings. The zero-order valence-electron chi connectivity index (χ0n) is 10.0. The number of benzene rings is 2. The maximum absolute atomic E-state index is 13.0. The van der Waals surface area contributed by atoms with Gasteiger partial charge in [-0.3, -0.25) is 0 Å². The lowest BCUT2D eigenvalue weighted by Crippen LogP contribution is -2.04. The Bertz CT molecular complexity index is 554. The van der Waals surface area contributed by atoms with Crippen LogP contribution in [0.15, 0.2) is 46.9 Å². The van der Waals surface area contributed by atoms with Crippen LogP contribution in [0.1, 0.15) is 22.8 Å². The van der Waals surface area contributed by atoms with Gasteiger partial charge < -0.3 is 5.11 Å². The van der Waals surface area contributed by atoms with Crippen LogP contribution in [0.4, 0.5) is 4.39 Å². The van der Waals surface area contributed by atoms with Crippen molar-refractivity contribution in [2.75, 3.05) is 0 Å². The molecule has 94 valence electrons. The summed E-state index contributed by atoms with van der Waals surface area (Å²) in [6, 6.07) is 12.3. The van der Waals surface area contributed by atoms with Gasteiger partial charge in [0.25, 0.3) is 0 Å². The fraction of sp³-hybridized carbons (Fsp3) is 0.200. The van der Waals surface area contributed by atoms with Gasteiger partial charge in [-0.15, -0.1) is 0 Å². The second kappa shape index (κ2) is 5.63. The average molecular weight is 309 g/mol. The van der Waals surface area contributed by atoms with E-state index in [0.29, 0.717) is 16.5 Å². The van der Waals surface area contributed by atoms with Crippen molar-refractivity contribution in [1.29, 1.82) is 0 Å². The number of hydrogen-bond donors (Lipinski definition) is 1. The van der Waals surface area contributed by atoms with E-state index in [-0.39, 0.29) is 5.82 Å². The molecule has 0 aromatic heterocycles. The zero-order valence-corrected chi connectivity index (χ0v) is 11.6. The fourth-order valence-electron chi connectivity index (χ4n) is 1.93. The first kappa shape index (κ1) is 13.2. The molecule has 0 spiro atoms. The van der Waals surface area contributed by atoms with Crippen LogP contribution in [-0.4, -0.2) is 5.11 Å². The molecule has 1 N–H and O–H groups in total. The first-order valence-corrected chi connectivity index (χ1v) is 6.55. The van der Waals surface area contributed by atoms with Crippen molar-refractivity contribution < 1.29 is 9.50 Å². The molecule has 1 nitrogen and oxygen atoms in total. The van der Waals surface area contributed by atoms with Crippen LogP contribution < -0.4 is 0 Å². The third-order valence-electron chi connectivity index (χ3n) is 3.00. The summed E-state index contributed by atoms with van der Waals surface area (Å²) < 4.78 is 13.6. The Hall–Kier alpha value is -1.19. The molecule has 0 fully saturated rings. The van der Waals surface area contributed by atoms with Crippen molar-refractivity contribution in [2.45, 2.75) is 19.4 Å². The van der Waals surface area contributed by atoms with Crippen molar-refractivity contribution in [2.24, 2.45) is 0 Å². The van der Waals surface area contributed by atoms with Crippen LogP contribution in [0.3, 0.4) is 0 Å². The van der Waals surface area contributed by atoms with Gasteiger partial charge in [-0.05, 0) is 35.7 Å². The normalized spacial score (nSPS) is 12.4. The van der Waals surface area contributed by atoms with E-state index in [1.54, 1.807) is 6.07 Å². The van der Waals surface area contributed by atoms with E-state index in [4.69, 9.17) is 0 Å². The fourth-order valence-corrected chi connectivity index (χ4v) is 2.54. The summed E-state index contributed by atoms with van der Waals surface area (Å²) in [7, 11) is 0. The predicted molar refractivity (Wildman–Crippen MR) is 73.9 cm³/mol. The molecular weight excluding hydrogens is 295 g/mol. The van der Waals surface area contributed by atoms with E-state index in [1.807, 2.05) is 31.2 Å². The topological polar surface area (TPSA) is 20.2 Å². The summed E-state index contributed by atoms with van der Waals surface area (Å²) in [4.78, 5) is 0. The second-order valence-electron chi connectivity index (χ2n) is 4.31. The van der Waals surface area contributed by atoms with Gasteiger partial charge >= 0.3 is 0 Å². The minimum Gasteiger partial charge on any atom is -0.388 e. The first-order chi connectivity index (χ1) is 8.58. The molecule has 0 saturated carbocycles. The van der Waals surface area contributed by atoms with Crippen LogP contribution in [0.2, 0.25) is 0 Å². The standard InChI is InChI=1S/C15H14BrFO/c1-10-4-2-3-5-11(10)8-15(18)13-7-6-12(17)9-14(13)16/h2-7,9,15,18H,8H2,1H3. The van der Waals surface area contributed by atoms with Crippen LogP contribution in [-0.2, 0) is 6.42 Å². The second-order valence-corrected chi connectivity index (χ2v) is 5.17. The maximum Gasteiger partial charge on any atom is 0.124 e. The molecule has 0 saturated heterocycles. The first-order valence-electron chi connectivity index (χ1n) is 5.75. The number of hydrogen-bond acceptors (Lipinski definition) is 1. The number of rotatable bonds is 3. The van der Waals surface area contributed by atoms with Gasteiger partial charge in [-0.25, -0.2) is 4.39 Å². The van der Waals surface area contributed by atoms with E-state index in [9.17, 15) is 9.50 Å². The smallest absolute Gasteiger partial charge is 0.124 e. The Morgan fingerprint density at radius 2 is 1.94 bits per heavy atom. The average Bonchev–Trinajstić information content (AvgIpc) is 2.32. The molecule has 2 aromatic carbocycles. The molecule has 3 heteroatoms. The van der Waals surface area contributed by atoms with Crippen molar-refractivity contribution in [3.63, 3.8) is 0 Å². The third-order valence-corrected chi connectivity index (χ3v) is 3.68. The molecule has 0 aliphatic heterocycles. The summed E-state index contributed by atoms with van der Waals surface area (Å²) in [5.41, 5.74) is 2.95. The summed E-state index contributed by atoms with van der Waals surface area (Å²) in [5, 5.41) is 10.2. The Morgan fingerprint density at radius 1 is 1.22 bits per heavy atom. The Morgan fingerprint density at radius 3 is 2.61 bits per heavy atom. The van der Waals surface area contributed by atoms with Crippen molar-refractivity contribution in [3.05, 3.63) is 69.4 Å². The van der Waals surface area contributed by atoms with E-state index in [1.165, 1.54) is 12.1 Å². The number of aryl methyl sites for hydroxylation is 1. The van der Waals surface area contributed by atoms with Gasteiger partial charge in [0.1, 0.15) is 5.82 Å². The number of aliphatic hydroxyl groups excluding tert-OH is 1. The highest BCUT2D eigenvalue weighted by molar-refractivity contribution is 9.10. The monoisotopic (exact) mass is 308 g/mol. The lowest BCUT2D eigenvalue weighted by atomic mass is 9.98. The Balaban J connectivity index is 2.22. The Kier molecular flexibility index (Phi) is 4.15. The van der Waals surface area contributed by atoms with Gasteiger partial charge in [0.2, 0.25) is 0 Å². The molecule has 1 atom stereocenters. The highest BCUT2D eigenvalue weighted by Gasteiger charge is 2.13. The largest absolute Gasteiger partial charge is 0.388 e. The van der Waals surface area contributed by atoms with Crippen LogP contribution in [0, 0.1) is 12.7 Å². The number of aliphatic hydroxyl groups is 1. The van der Waals surface area contributed by atoms with E-state index in [0.717, 1.165) is 11.1 Å². The predicted octanol–water partition coefficient (Wildman–Crippen LogP) is 4.17. The van der Waals surface area contributed by atoms with Gasteiger partial charge in [0, 0.05) is 10.9 Å². The van der Waals surface area contributed by atoms with E-state index >= 15 is 0 Å². The minimum atomic E-state index is -0.638. The molecular formula is C15H14BrFO. The summed E-state index contributed by atoms with van der Waals surface area (Å²) in [5.74, 6) is -0.311. The zero-order chi connectivity index (χ0) is 13.1. The van der Waals surface area contributed by atoms with Crippen LogP contribution >= 0.6 is 15.9 Å². The van der Waals surface area contributed by atoms with Crippen LogP contribution in [0.25, 0.3) is 0 Å². The van der Waals surface area contributed by atoms with Gasteiger partial charge in [-0.1, -0.05) is 46.3 Å². The Labute approximate surface area is 114 Å². The lowest BCUT2D eigenvalue weighted by molar-refractivity contribution is 0.177. The van der Waals surface area contributed by atoms with Crippen LogP contribution in [0.5, 0.6) is 0 Å². The molecule has 0 bridgehead atoms. The van der Waals surface area contributed by atoms with Crippen molar-refractivity contribution >= 4 is 15.9 Å². The lowest BCUT2D eigenvalue weighted by Gasteiger charge is -2.14. The summed E-state index contributed by atoms with van der Waals surface area (Å²) >= 11 is 3.28. The SMILES string of the molecule is Cc1ccccc1CC(O)c1ccc(F)cc1Br. The minimum absolute atomic E-state index is 0.311. The molecule has 1 unspecified atom stereocenters. The maximum atomic E-state index is 13.0. The van der Waals surface area contributed by atoms with Crippen molar-refractivity contribution in [3.8, 4) is 0 Å². The molecule has 0 amide bonds. The molecule has 0 aliphatic carbocycles. The van der Waals surface area contributed by atoms with E-state index < -0.39 is 6.10 Å². The molecule has 0 radical (unpaired) electrons. The molecule has 0 aliphatic rings. The highest BCUT2D eigenvalue weighted by atomic mass is 79.9. The molecule has 2 rings (SSSR count). The van der Waals surface area contributed by atoms with Gasteiger partial charge in [-0.2, -0.15) is 0 Å². The summed E-state index contributed by atoms with van der Waals surface area (Å²) in [6.07, 6.45) is -0.113. The van der Waals surface area contributed by atoms with Crippen molar-refractivity contribution in [1.82, 2.24) is 0 Å². The quantitative estimate of drug-likeness (QED) is 0.902. The molecule has 18 heavy (non-hydrogen) atoms. The van der Waals surface area contributed by atoms with E-state index in [2.05, 4.69) is 15.9 Å². The highest BCUT2D eigenvalue weighted by Crippen LogP contribution is 2.27. The van der Waals surface area contributed by atoms with Gasteiger partial charge in [0.15, 0.2) is 0 Å². The molecule has 0 heterocycles. The number of halogens is 2. The van der Waals surface area contributed by atoms with Gasteiger partial charge in [0.05, 0.1) is 6.10 Å².